The van der Waals surface area contributed by atoms with E-state index in [1.807, 2.05) is 0 Å². The van der Waals surface area contributed by atoms with Crippen molar-refractivity contribution >= 4 is 28.6 Å². The molecule has 5 nitrogen and oxygen atoms in total. The monoisotopic (exact) mass is 351 g/mol. The Morgan fingerprint density at radius 1 is 1.17 bits per heavy atom. The number of aryl methyl sites for hydroxylation is 3. The Morgan fingerprint density at radius 3 is 2.61 bits per heavy atom. The van der Waals surface area contributed by atoms with Gasteiger partial charge in [0, 0.05) is 29.8 Å². The van der Waals surface area contributed by atoms with E-state index in [4.69, 9.17) is 0 Å². The van der Waals surface area contributed by atoms with Crippen LogP contribution in [0.4, 0.5) is 0 Å². The molecule has 23 heavy (non-hydrogen) atoms. The predicted molar refractivity (Wildman–Crippen MR) is 99.6 cm³/mol. The van der Waals surface area contributed by atoms with Gasteiger partial charge in [-0.3, -0.25) is 0 Å². The van der Waals surface area contributed by atoms with Crippen molar-refractivity contribution in [3.8, 4) is 0 Å². The van der Waals surface area contributed by atoms with E-state index in [9.17, 15) is 0 Å². The van der Waals surface area contributed by atoms with Crippen LogP contribution in [0.1, 0.15) is 40.1 Å². The van der Waals surface area contributed by atoms with Gasteiger partial charge < -0.3 is 10.6 Å². The SMILES string of the molecule is CCNC(=NCc1csc(CC)n1)NCCc1nc(C)c(C)s1. The first-order valence-corrected chi connectivity index (χ1v) is 9.70. The van der Waals surface area contributed by atoms with Gasteiger partial charge in [0.05, 0.1) is 27.9 Å². The van der Waals surface area contributed by atoms with Crippen LogP contribution in [0.5, 0.6) is 0 Å². The molecule has 0 fully saturated rings. The fourth-order valence-corrected chi connectivity index (χ4v) is 3.69. The van der Waals surface area contributed by atoms with Gasteiger partial charge in [0.15, 0.2) is 5.96 Å². The summed E-state index contributed by atoms with van der Waals surface area (Å²) >= 11 is 3.48. The lowest BCUT2D eigenvalue weighted by Crippen LogP contribution is -2.38. The van der Waals surface area contributed by atoms with Crippen molar-refractivity contribution in [2.75, 3.05) is 13.1 Å². The van der Waals surface area contributed by atoms with E-state index >= 15 is 0 Å². The molecule has 0 spiro atoms. The van der Waals surface area contributed by atoms with Crippen LogP contribution in [-0.2, 0) is 19.4 Å². The summed E-state index contributed by atoms with van der Waals surface area (Å²) < 4.78 is 0. The highest BCUT2D eigenvalue weighted by atomic mass is 32.1. The van der Waals surface area contributed by atoms with Crippen LogP contribution in [0.3, 0.4) is 0 Å². The maximum Gasteiger partial charge on any atom is 0.191 e. The lowest BCUT2D eigenvalue weighted by Gasteiger charge is -2.10. The van der Waals surface area contributed by atoms with E-state index in [0.717, 1.165) is 43.3 Å². The Bertz CT molecular complexity index is 625. The summed E-state index contributed by atoms with van der Waals surface area (Å²) in [6.07, 6.45) is 1.90. The summed E-state index contributed by atoms with van der Waals surface area (Å²) in [7, 11) is 0. The number of rotatable bonds is 7. The molecule has 2 aromatic heterocycles. The number of aromatic nitrogens is 2. The highest BCUT2D eigenvalue weighted by Crippen LogP contribution is 2.16. The minimum atomic E-state index is 0.612. The summed E-state index contributed by atoms with van der Waals surface area (Å²) in [4.78, 5) is 15.0. The van der Waals surface area contributed by atoms with Crippen molar-refractivity contribution in [3.63, 3.8) is 0 Å². The molecule has 0 atom stereocenters. The summed E-state index contributed by atoms with van der Waals surface area (Å²) in [5.74, 6) is 0.837. The minimum Gasteiger partial charge on any atom is -0.357 e. The van der Waals surface area contributed by atoms with E-state index in [1.165, 1.54) is 14.9 Å². The average molecular weight is 352 g/mol. The second kappa shape index (κ2) is 8.98. The summed E-state index contributed by atoms with van der Waals surface area (Å²) in [6.45, 7) is 10.7. The Morgan fingerprint density at radius 2 is 2.00 bits per heavy atom. The number of nitrogens with one attached hydrogen (secondary N) is 2. The largest absolute Gasteiger partial charge is 0.357 e. The zero-order chi connectivity index (χ0) is 16.7. The number of aliphatic imine (C=N–C) groups is 1. The predicted octanol–water partition coefficient (Wildman–Crippen LogP) is 3.08. The van der Waals surface area contributed by atoms with Gasteiger partial charge in [-0.1, -0.05) is 6.92 Å². The molecule has 0 aromatic carbocycles. The van der Waals surface area contributed by atoms with Crippen molar-refractivity contribution in [2.45, 2.75) is 47.1 Å². The fraction of sp³-hybridized carbons (Fsp3) is 0.562. The van der Waals surface area contributed by atoms with Crippen molar-refractivity contribution in [3.05, 3.63) is 31.7 Å². The highest BCUT2D eigenvalue weighted by molar-refractivity contribution is 7.11. The van der Waals surface area contributed by atoms with Crippen molar-refractivity contribution in [1.29, 1.82) is 0 Å². The maximum absolute atomic E-state index is 4.61. The quantitative estimate of drug-likeness (QED) is 0.594. The van der Waals surface area contributed by atoms with Gasteiger partial charge in [-0.25, -0.2) is 15.0 Å². The molecule has 0 radical (unpaired) electrons. The number of hydrogen-bond acceptors (Lipinski definition) is 5. The van der Waals surface area contributed by atoms with Gasteiger partial charge in [0.25, 0.3) is 0 Å². The van der Waals surface area contributed by atoms with Gasteiger partial charge in [-0.2, -0.15) is 0 Å². The standard InChI is InChI=1S/C16H25N5S2/c1-5-14-21-13(10-22-14)9-19-16(17-6-2)18-8-7-15-20-11(3)12(4)23-15/h10H,5-9H2,1-4H3,(H2,17,18,19). The maximum atomic E-state index is 4.61. The van der Waals surface area contributed by atoms with Crippen LogP contribution in [0.2, 0.25) is 0 Å². The Kier molecular flexibility index (Phi) is 6.98. The van der Waals surface area contributed by atoms with Gasteiger partial charge >= 0.3 is 0 Å². The summed E-state index contributed by atoms with van der Waals surface area (Å²) in [5, 5.41) is 11.1. The van der Waals surface area contributed by atoms with E-state index in [0.29, 0.717) is 6.54 Å². The first-order chi connectivity index (χ1) is 11.1. The molecular weight excluding hydrogens is 326 g/mol. The third-order valence-electron chi connectivity index (χ3n) is 3.35. The van der Waals surface area contributed by atoms with Crippen LogP contribution in [0, 0.1) is 13.8 Å². The van der Waals surface area contributed by atoms with Crippen molar-refractivity contribution in [1.82, 2.24) is 20.6 Å². The number of hydrogen-bond donors (Lipinski definition) is 2. The molecule has 0 aliphatic heterocycles. The third-order valence-corrected chi connectivity index (χ3v) is 5.52. The molecular formula is C16H25N5S2. The molecule has 2 aromatic rings. The van der Waals surface area contributed by atoms with Crippen LogP contribution in [-0.4, -0.2) is 29.0 Å². The Balaban J connectivity index is 1.85. The van der Waals surface area contributed by atoms with Crippen molar-refractivity contribution < 1.29 is 0 Å². The molecule has 0 amide bonds. The normalized spacial score (nSPS) is 11.7. The fourth-order valence-electron chi connectivity index (χ4n) is 2.02. The lowest BCUT2D eigenvalue weighted by atomic mass is 10.4. The molecule has 0 aliphatic rings. The molecule has 126 valence electrons. The Hall–Kier alpha value is -1.47. The number of thiazole rings is 2. The van der Waals surface area contributed by atoms with Crippen LogP contribution >= 0.6 is 22.7 Å². The lowest BCUT2D eigenvalue weighted by molar-refractivity contribution is 0.793. The van der Waals surface area contributed by atoms with Crippen LogP contribution in [0.15, 0.2) is 10.4 Å². The molecule has 0 saturated heterocycles. The van der Waals surface area contributed by atoms with Crippen molar-refractivity contribution in [2.24, 2.45) is 4.99 Å². The van der Waals surface area contributed by atoms with Crippen LogP contribution < -0.4 is 10.6 Å². The smallest absolute Gasteiger partial charge is 0.191 e. The second-order valence-corrected chi connectivity index (χ2v) is 7.44. The molecule has 2 rings (SSSR count). The first kappa shape index (κ1) is 17.9. The zero-order valence-corrected chi connectivity index (χ0v) is 15.9. The molecule has 0 aliphatic carbocycles. The van der Waals surface area contributed by atoms with E-state index in [2.05, 4.69) is 58.7 Å². The molecule has 2 N–H and O–H groups in total. The first-order valence-electron chi connectivity index (χ1n) is 8.00. The molecule has 7 heteroatoms. The molecule has 0 unspecified atom stereocenters. The van der Waals surface area contributed by atoms with E-state index in [1.54, 1.807) is 22.7 Å². The summed E-state index contributed by atoms with van der Waals surface area (Å²) in [5.41, 5.74) is 2.18. The van der Waals surface area contributed by atoms with Gasteiger partial charge in [-0.05, 0) is 27.2 Å². The molecule has 0 saturated carbocycles. The Labute approximate surface area is 146 Å². The zero-order valence-electron chi connectivity index (χ0n) is 14.3. The number of nitrogens with zero attached hydrogens (tertiary/aromatic N) is 3. The summed E-state index contributed by atoms with van der Waals surface area (Å²) in [6, 6.07) is 0. The average Bonchev–Trinajstić information content (AvgIpc) is 3.12. The third kappa shape index (κ3) is 5.58. The van der Waals surface area contributed by atoms with E-state index in [-0.39, 0.29) is 0 Å². The van der Waals surface area contributed by atoms with Crippen LogP contribution in [0.25, 0.3) is 0 Å². The number of guanidine groups is 1. The van der Waals surface area contributed by atoms with E-state index < -0.39 is 0 Å². The van der Waals surface area contributed by atoms with Gasteiger partial charge in [-0.15, -0.1) is 22.7 Å². The highest BCUT2D eigenvalue weighted by Gasteiger charge is 2.05. The second-order valence-electron chi connectivity index (χ2n) is 5.21. The molecule has 0 bridgehead atoms. The molecule has 2 heterocycles. The van der Waals surface area contributed by atoms with Gasteiger partial charge in [0.2, 0.25) is 0 Å². The minimum absolute atomic E-state index is 0.612. The van der Waals surface area contributed by atoms with Gasteiger partial charge in [0.1, 0.15) is 0 Å². The topological polar surface area (TPSA) is 62.2 Å².